The Morgan fingerprint density at radius 1 is 0.871 bits per heavy atom. The minimum atomic E-state index is 0.747. The number of H-pyrrole nitrogens is 1. The van der Waals surface area contributed by atoms with Gasteiger partial charge < -0.3 is 15.6 Å². The van der Waals surface area contributed by atoms with Crippen LogP contribution in [0.2, 0.25) is 0 Å². The maximum absolute atomic E-state index is 4.86. The Balaban J connectivity index is 1.24. The number of hydrogen-bond acceptors (Lipinski definition) is 3. The largest absolute Gasteiger partial charge is 0.380 e. The third-order valence-corrected chi connectivity index (χ3v) is 6.09. The molecule has 2 aromatic heterocycles. The first-order valence-electron chi connectivity index (χ1n) is 10.9. The minimum Gasteiger partial charge on any atom is -0.380 e. The maximum Gasteiger partial charge on any atom is 0.131 e. The molecule has 3 N–H and O–H groups in total. The smallest absolute Gasteiger partial charge is 0.131 e. The lowest BCUT2D eigenvalue weighted by Gasteiger charge is -2.12. The molecule has 5 aromatic rings. The van der Waals surface area contributed by atoms with Crippen molar-refractivity contribution in [2.45, 2.75) is 25.3 Å². The van der Waals surface area contributed by atoms with Gasteiger partial charge in [0.1, 0.15) is 5.82 Å². The van der Waals surface area contributed by atoms with Crippen LogP contribution in [0.15, 0.2) is 85.1 Å². The van der Waals surface area contributed by atoms with Crippen molar-refractivity contribution in [2.75, 3.05) is 10.6 Å². The molecule has 0 radical (unpaired) electrons. The van der Waals surface area contributed by atoms with Crippen molar-refractivity contribution in [2.24, 2.45) is 0 Å². The molecule has 0 atom stereocenters. The van der Waals surface area contributed by atoms with Crippen molar-refractivity contribution in [3.63, 3.8) is 0 Å². The molecule has 1 aliphatic rings. The van der Waals surface area contributed by atoms with Crippen molar-refractivity contribution in [1.29, 1.82) is 0 Å². The fourth-order valence-corrected chi connectivity index (χ4v) is 4.31. The lowest BCUT2D eigenvalue weighted by atomic mass is 10.1. The zero-order chi connectivity index (χ0) is 20.6. The molecule has 0 unspecified atom stereocenters. The highest BCUT2D eigenvalue weighted by Crippen LogP contribution is 2.40. The summed E-state index contributed by atoms with van der Waals surface area (Å²) in [5.41, 5.74) is 7.05. The third kappa shape index (κ3) is 3.61. The molecule has 0 amide bonds. The third-order valence-electron chi connectivity index (χ3n) is 6.09. The molecule has 0 bridgehead atoms. The van der Waals surface area contributed by atoms with Crippen LogP contribution in [0.25, 0.3) is 21.8 Å². The van der Waals surface area contributed by atoms with E-state index in [9.17, 15) is 0 Å². The van der Waals surface area contributed by atoms with Crippen LogP contribution in [0.1, 0.15) is 29.9 Å². The lowest BCUT2D eigenvalue weighted by Crippen LogP contribution is -2.01. The number of aromatic nitrogens is 2. The highest BCUT2D eigenvalue weighted by molar-refractivity contribution is 5.92. The average Bonchev–Trinajstić information content (AvgIpc) is 3.54. The van der Waals surface area contributed by atoms with Gasteiger partial charge in [-0.1, -0.05) is 30.3 Å². The molecular formula is C27H24N4. The molecule has 1 aliphatic carbocycles. The van der Waals surface area contributed by atoms with Crippen LogP contribution in [0.5, 0.6) is 0 Å². The Hall–Kier alpha value is -3.79. The first kappa shape index (κ1) is 18.0. The zero-order valence-corrected chi connectivity index (χ0v) is 17.2. The number of benzene rings is 3. The molecule has 0 saturated heterocycles. The minimum absolute atomic E-state index is 0.747. The second-order valence-electron chi connectivity index (χ2n) is 8.30. The van der Waals surface area contributed by atoms with Crippen LogP contribution >= 0.6 is 0 Å². The summed E-state index contributed by atoms with van der Waals surface area (Å²) in [6.07, 6.45) is 4.61. The number of fused-ring (bicyclic) bond motifs is 2. The monoisotopic (exact) mass is 404 g/mol. The summed E-state index contributed by atoms with van der Waals surface area (Å²) in [6.45, 7) is 0.766. The van der Waals surface area contributed by atoms with Crippen LogP contribution in [0, 0.1) is 0 Å². The second kappa shape index (κ2) is 7.47. The molecule has 1 saturated carbocycles. The van der Waals surface area contributed by atoms with E-state index < -0.39 is 0 Å². The molecule has 3 aromatic carbocycles. The van der Waals surface area contributed by atoms with Crippen molar-refractivity contribution in [1.82, 2.24) is 9.97 Å². The van der Waals surface area contributed by atoms with E-state index in [1.165, 1.54) is 34.9 Å². The zero-order valence-electron chi connectivity index (χ0n) is 17.2. The maximum atomic E-state index is 4.86. The van der Waals surface area contributed by atoms with E-state index in [0.29, 0.717) is 0 Å². The van der Waals surface area contributed by atoms with Gasteiger partial charge >= 0.3 is 0 Å². The van der Waals surface area contributed by atoms with Crippen molar-refractivity contribution in [3.05, 3.63) is 96.2 Å². The molecule has 0 aliphatic heterocycles. The molecule has 1 fully saturated rings. The fraction of sp³-hybridized carbons (Fsp3) is 0.148. The van der Waals surface area contributed by atoms with Gasteiger partial charge in [0.25, 0.3) is 0 Å². The number of rotatable bonds is 6. The quantitative estimate of drug-likeness (QED) is 0.287. The van der Waals surface area contributed by atoms with Gasteiger partial charge in [-0.3, -0.25) is 0 Å². The topological polar surface area (TPSA) is 52.7 Å². The van der Waals surface area contributed by atoms with Gasteiger partial charge in [-0.15, -0.1) is 0 Å². The van der Waals surface area contributed by atoms with E-state index in [0.717, 1.165) is 40.6 Å². The Morgan fingerprint density at radius 2 is 1.77 bits per heavy atom. The molecule has 152 valence electrons. The number of pyridine rings is 1. The van der Waals surface area contributed by atoms with Crippen LogP contribution in [-0.4, -0.2) is 9.97 Å². The first-order chi connectivity index (χ1) is 15.3. The van der Waals surface area contributed by atoms with E-state index in [-0.39, 0.29) is 0 Å². The number of aromatic amines is 1. The van der Waals surface area contributed by atoms with Crippen molar-refractivity contribution in [3.8, 4) is 0 Å². The van der Waals surface area contributed by atoms with E-state index in [2.05, 4.69) is 94.5 Å². The van der Waals surface area contributed by atoms with E-state index in [4.69, 9.17) is 4.98 Å². The molecule has 2 heterocycles. The van der Waals surface area contributed by atoms with Crippen molar-refractivity contribution < 1.29 is 0 Å². The number of hydrogen-bond donors (Lipinski definition) is 3. The molecule has 31 heavy (non-hydrogen) atoms. The normalized spacial score (nSPS) is 13.5. The van der Waals surface area contributed by atoms with Crippen molar-refractivity contribution >= 4 is 39.0 Å². The van der Waals surface area contributed by atoms with Gasteiger partial charge in [-0.2, -0.15) is 0 Å². The Labute approximate surface area is 181 Å². The van der Waals surface area contributed by atoms with E-state index in [1.807, 2.05) is 6.20 Å². The predicted octanol–water partition coefficient (Wildman–Crippen LogP) is 6.95. The summed E-state index contributed by atoms with van der Waals surface area (Å²) in [5.74, 6) is 1.62. The van der Waals surface area contributed by atoms with Gasteiger partial charge in [0.15, 0.2) is 0 Å². The number of nitrogens with zero attached hydrogens (tertiary/aromatic N) is 1. The molecule has 0 spiro atoms. The molecule has 6 rings (SSSR count). The molecule has 4 nitrogen and oxygen atoms in total. The van der Waals surface area contributed by atoms with E-state index in [1.54, 1.807) is 0 Å². The fourth-order valence-electron chi connectivity index (χ4n) is 4.31. The van der Waals surface area contributed by atoms with E-state index >= 15 is 0 Å². The summed E-state index contributed by atoms with van der Waals surface area (Å²) in [4.78, 5) is 8.14. The predicted molar refractivity (Wildman–Crippen MR) is 129 cm³/mol. The average molecular weight is 405 g/mol. The van der Waals surface area contributed by atoms with Crippen LogP contribution < -0.4 is 10.6 Å². The van der Waals surface area contributed by atoms with Gasteiger partial charge in [0, 0.05) is 40.4 Å². The van der Waals surface area contributed by atoms with Gasteiger partial charge in [0.2, 0.25) is 0 Å². The molecule has 4 heteroatoms. The summed E-state index contributed by atoms with van der Waals surface area (Å²) >= 11 is 0. The molecular weight excluding hydrogens is 380 g/mol. The van der Waals surface area contributed by atoms with Crippen LogP contribution in [0.4, 0.5) is 17.2 Å². The van der Waals surface area contributed by atoms with Gasteiger partial charge in [0.05, 0.1) is 5.52 Å². The Morgan fingerprint density at radius 3 is 2.71 bits per heavy atom. The standard InChI is InChI=1S/C27H24N4/c1-4-19(18-10-11-18)16-21(6-1)30-27-13-12-23-25(8-3-9-26(23)31-27)29-17-20-5-2-7-24-22(20)14-15-28-24/h1-9,12-16,18,28-29H,10-11,17H2,(H,30,31). The second-order valence-corrected chi connectivity index (χ2v) is 8.30. The number of nitrogens with one attached hydrogen (secondary N) is 3. The Bertz CT molecular complexity index is 1380. The summed E-state index contributed by atoms with van der Waals surface area (Å²) in [5, 5.41) is 9.47. The van der Waals surface area contributed by atoms with Gasteiger partial charge in [-0.05, 0) is 78.4 Å². The van der Waals surface area contributed by atoms with Crippen LogP contribution in [-0.2, 0) is 6.54 Å². The summed E-state index contributed by atoms with van der Waals surface area (Å²) in [7, 11) is 0. The van der Waals surface area contributed by atoms with Crippen LogP contribution in [0.3, 0.4) is 0 Å². The SMILES string of the molecule is c1cc(Nc2ccc3c(NCc4cccc5[nH]ccc45)cccc3n2)cc(C2CC2)c1. The van der Waals surface area contributed by atoms with Gasteiger partial charge in [-0.25, -0.2) is 4.98 Å². The highest BCUT2D eigenvalue weighted by atomic mass is 15.0. The lowest BCUT2D eigenvalue weighted by molar-refractivity contribution is 1.13. The number of anilines is 3. The summed E-state index contributed by atoms with van der Waals surface area (Å²) < 4.78 is 0. The summed E-state index contributed by atoms with van der Waals surface area (Å²) in [6, 6.07) is 27.7. The first-order valence-corrected chi connectivity index (χ1v) is 10.9. The Kier molecular flexibility index (Phi) is 4.34. The highest BCUT2D eigenvalue weighted by Gasteiger charge is 2.23.